The van der Waals surface area contributed by atoms with Crippen LogP contribution in [-0.4, -0.2) is 20.6 Å². The number of hydrogen-bond acceptors (Lipinski definition) is 4. The van der Waals surface area contributed by atoms with Gasteiger partial charge < -0.3 is 9.90 Å². The zero-order valence-corrected chi connectivity index (χ0v) is 7.27. The lowest BCUT2D eigenvalue weighted by Crippen LogP contribution is -2.24. The molecule has 2 heterocycles. The number of rotatable bonds is 1. The van der Waals surface area contributed by atoms with Crippen LogP contribution < -0.4 is 10.7 Å². The van der Waals surface area contributed by atoms with Crippen LogP contribution in [0, 0.1) is 6.92 Å². The van der Waals surface area contributed by atoms with Crippen molar-refractivity contribution in [2.45, 2.75) is 6.92 Å². The molecule has 0 fully saturated rings. The molecule has 14 heavy (non-hydrogen) atoms. The van der Waals surface area contributed by atoms with Crippen molar-refractivity contribution in [3.8, 4) is 0 Å². The highest BCUT2D eigenvalue weighted by Gasteiger charge is 2.06. The summed E-state index contributed by atoms with van der Waals surface area (Å²) in [5.41, 5.74) is 0.412. The molecule has 0 aromatic carbocycles. The number of nitrogens with zero attached hydrogens (tertiary/aromatic N) is 2. The van der Waals surface area contributed by atoms with Crippen LogP contribution in [0.1, 0.15) is 16.1 Å². The minimum Gasteiger partial charge on any atom is -0.545 e. The second-order valence-electron chi connectivity index (χ2n) is 2.86. The minimum absolute atomic E-state index is 0.0376. The molecule has 2 aromatic rings. The molecule has 6 heteroatoms. The van der Waals surface area contributed by atoms with Gasteiger partial charge in [-0.1, -0.05) is 0 Å². The van der Waals surface area contributed by atoms with E-state index in [1.807, 2.05) is 0 Å². The van der Waals surface area contributed by atoms with Gasteiger partial charge in [-0.2, -0.15) is 0 Å². The highest BCUT2D eigenvalue weighted by Crippen LogP contribution is 2.05. The first-order chi connectivity index (χ1) is 6.59. The SMILES string of the molecule is Cc1c(C(=O)[O-])cnc2cc(=O)[nH]n12. The molecule has 72 valence electrons. The Bertz CT molecular complexity index is 567. The average molecular weight is 192 g/mol. The number of carbonyl (C=O) groups is 1. The van der Waals surface area contributed by atoms with Crippen LogP contribution in [-0.2, 0) is 0 Å². The van der Waals surface area contributed by atoms with E-state index in [4.69, 9.17) is 0 Å². The standard InChI is InChI=1S/C8H7N3O3/c1-4-5(8(13)14)3-9-6-2-7(12)10-11(4)6/h2-3H,1H3,(H,10,12)(H,13,14)/p-1. The summed E-state index contributed by atoms with van der Waals surface area (Å²) in [6.07, 6.45) is 1.17. The third-order valence-electron chi connectivity index (χ3n) is 1.98. The molecule has 0 aliphatic carbocycles. The maximum absolute atomic E-state index is 10.9. The second-order valence-corrected chi connectivity index (χ2v) is 2.86. The fraction of sp³-hybridized carbons (Fsp3) is 0.125. The summed E-state index contributed by atoms with van der Waals surface area (Å²) in [6.45, 7) is 1.57. The first kappa shape index (κ1) is 8.49. The third-order valence-corrected chi connectivity index (χ3v) is 1.98. The Hall–Kier alpha value is -2.11. The van der Waals surface area contributed by atoms with Gasteiger partial charge in [-0.25, -0.2) is 9.50 Å². The molecule has 0 amide bonds. The number of fused-ring (bicyclic) bond motifs is 1. The van der Waals surface area contributed by atoms with E-state index < -0.39 is 5.97 Å². The number of aromatic carboxylic acids is 1. The molecule has 0 bridgehead atoms. The van der Waals surface area contributed by atoms with E-state index in [1.165, 1.54) is 16.8 Å². The number of carboxylic acid groups (broad SMARTS) is 1. The maximum atomic E-state index is 10.9. The summed E-state index contributed by atoms with van der Waals surface area (Å²) in [5.74, 6) is -1.31. The lowest BCUT2D eigenvalue weighted by Gasteiger charge is -2.07. The van der Waals surface area contributed by atoms with E-state index >= 15 is 0 Å². The van der Waals surface area contributed by atoms with Gasteiger partial charge in [0.05, 0.1) is 5.97 Å². The van der Waals surface area contributed by atoms with Gasteiger partial charge in [0.1, 0.15) is 0 Å². The Morgan fingerprint density at radius 1 is 1.64 bits per heavy atom. The summed E-state index contributed by atoms with van der Waals surface area (Å²) in [4.78, 5) is 25.4. The molecular formula is C8H6N3O3-. The highest BCUT2D eigenvalue weighted by atomic mass is 16.4. The van der Waals surface area contributed by atoms with E-state index in [1.54, 1.807) is 6.92 Å². The van der Waals surface area contributed by atoms with Crippen molar-refractivity contribution in [1.82, 2.24) is 14.6 Å². The number of aromatic amines is 1. The predicted octanol–water partition coefficient (Wildman–Crippen LogP) is -1.31. The molecule has 0 unspecified atom stereocenters. The number of H-pyrrole nitrogens is 1. The van der Waals surface area contributed by atoms with Crippen LogP contribution >= 0.6 is 0 Å². The number of nitrogens with one attached hydrogen (secondary N) is 1. The topological polar surface area (TPSA) is 90.3 Å². The van der Waals surface area contributed by atoms with E-state index in [9.17, 15) is 14.7 Å². The molecule has 6 nitrogen and oxygen atoms in total. The van der Waals surface area contributed by atoms with Crippen molar-refractivity contribution in [3.63, 3.8) is 0 Å². The Morgan fingerprint density at radius 2 is 2.36 bits per heavy atom. The largest absolute Gasteiger partial charge is 0.545 e. The van der Waals surface area contributed by atoms with Gasteiger partial charge in [0.15, 0.2) is 5.65 Å². The minimum atomic E-state index is -1.31. The molecule has 0 aliphatic rings. The summed E-state index contributed by atoms with van der Waals surface area (Å²) in [5, 5.41) is 13.0. The summed E-state index contributed by atoms with van der Waals surface area (Å²) in [6, 6.07) is 1.28. The summed E-state index contributed by atoms with van der Waals surface area (Å²) in [7, 11) is 0. The Balaban J connectivity index is 2.87. The van der Waals surface area contributed by atoms with Crippen LogP contribution in [0.15, 0.2) is 17.1 Å². The fourth-order valence-corrected chi connectivity index (χ4v) is 1.28. The van der Waals surface area contributed by atoms with E-state index in [-0.39, 0.29) is 11.1 Å². The fourth-order valence-electron chi connectivity index (χ4n) is 1.28. The highest BCUT2D eigenvalue weighted by molar-refractivity contribution is 5.86. The molecule has 2 rings (SSSR count). The van der Waals surface area contributed by atoms with Crippen molar-refractivity contribution >= 4 is 11.6 Å². The molecule has 0 spiro atoms. The van der Waals surface area contributed by atoms with Gasteiger partial charge >= 0.3 is 0 Å². The number of carboxylic acids is 1. The third kappa shape index (κ3) is 1.08. The first-order valence-electron chi connectivity index (χ1n) is 3.88. The molecular weight excluding hydrogens is 186 g/mol. The average Bonchev–Trinajstić information content (AvgIpc) is 2.46. The normalized spacial score (nSPS) is 10.6. The molecule has 2 aromatic heterocycles. The Kier molecular flexibility index (Phi) is 1.63. The van der Waals surface area contributed by atoms with Gasteiger partial charge in [-0.15, -0.1) is 0 Å². The van der Waals surface area contributed by atoms with Gasteiger partial charge in [0.25, 0.3) is 5.56 Å². The molecule has 1 N–H and O–H groups in total. The Labute approximate surface area is 77.8 Å². The molecule has 0 aliphatic heterocycles. The maximum Gasteiger partial charge on any atom is 0.266 e. The van der Waals surface area contributed by atoms with Gasteiger partial charge in [0.2, 0.25) is 0 Å². The van der Waals surface area contributed by atoms with Crippen molar-refractivity contribution in [2.24, 2.45) is 0 Å². The number of aryl methyl sites for hydroxylation is 1. The molecule has 0 radical (unpaired) electrons. The monoisotopic (exact) mass is 192 g/mol. The number of aromatic nitrogens is 3. The van der Waals surface area contributed by atoms with Crippen molar-refractivity contribution in [2.75, 3.05) is 0 Å². The number of carbonyl (C=O) groups excluding carboxylic acids is 1. The van der Waals surface area contributed by atoms with Crippen LogP contribution in [0.25, 0.3) is 5.65 Å². The van der Waals surface area contributed by atoms with E-state index in [2.05, 4.69) is 10.1 Å². The lowest BCUT2D eigenvalue weighted by atomic mass is 10.2. The van der Waals surface area contributed by atoms with Crippen LogP contribution in [0.5, 0.6) is 0 Å². The quantitative estimate of drug-likeness (QED) is 0.607. The zero-order chi connectivity index (χ0) is 10.3. The van der Waals surface area contributed by atoms with Crippen molar-refractivity contribution < 1.29 is 9.90 Å². The van der Waals surface area contributed by atoms with Gasteiger partial charge in [0, 0.05) is 23.5 Å². The summed E-state index contributed by atoms with van der Waals surface area (Å²) < 4.78 is 1.31. The van der Waals surface area contributed by atoms with Crippen molar-refractivity contribution in [1.29, 1.82) is 0 Å². The molecule has 0 saturated heterocycles. The first-order valence-corrected chi connectivity index (χ1v) is 3.88. The van der Waals surface area contributed by atoms with E-state index in [0.717, 1.165) is 0 Å². The van der Waals surface area contributed by atoms with Crippen molar-refractivity contribution in [3.05, 3.63) is 33.9 Å². The van der Waals surface area contributed by atoms with Crippen LogP contribution in [0.4, 0.5) is 0 Å². The van der Waals surface area contributed by atoms with Gasteiger partial charge in [-0.3, -0.25) is 9.89 Å². The zero-order valence-electron chi connectivity index (χ0n) is 7.27. The van der Waals surface area contributed by atoms with Crippen LogP contribution in [0.2, 0.25) is 0 Å². The number of hydrogen-bond donors (Lipinski definition) is 1. The second kappa shape index (κ2) is 2.69. The molecule has 0 atom stereocenters. The molecule has 0 saturated carbocycles. The van der Waals surface area contributed by atoms with Crippen LogP contribution in [0.3, 0.4) is 0 Å². The Morgan fingerprint density at radius 3 is 3.00 bits per heavy atom. The van der Waals surface area contributed by atoms with Gasteiger partial charge in [-0.05, 0) is 6.92 Å². The predicted molar refractivity (Wildman–Crippen MR) is 44.9 cm³/mol. The van der Waals surface area contributed by atoms with E-state index in [0.29, 0.717) is 11.3 Å². The summed E-state index contributed by atoms with van der Waals surface area (Å²) >= 11 is 0. The smallest absolute Gasteiger partial charge is 0.266 e. The lowest BCUT2D eigenvalue weighted by molar-refractivity contribution is -0.255.